The second-order valence-electron chi connectivity index (χ2n) is 8.26. The predicted octanol–water partition coefficient (Wildman–Crippen LogP) is 3.70. The number of likely N-dealkylation sites (N-methyl/N-ethyl adjacent to an activating group) is 1. The first-order chi connectivity index (χ1) is 17.0. The molecule has 184 valence electrons. The quantitative estimate of drug-likeness (QED) is 0.525. The third-order valence-corrected chi connectivity index (χ3v) is 5.91. The topological polar surface area (TPSA) is 110 Å². The second kappa shape index (κ2) is 10.9. The number of aromatic nitrogens is 2. The Labute approximate surface area is 203 Å². The summed E-state index contributed by atoms with van der Waals surface area (Å²) in [7, 11) is 4.77. The first kappa shape index (κ1) is 24.1. The van der Waals surface area contributed by atoms with Crippen molar-refractivity contribution in [1.82, 2.24) is 19.9 Å². The van der Waals surface area contributed by atoms with Crippen LogP contribution in [0, 0.1) is 0 Å². The molecule has 35 heavy (non-hydrogen) atoms. The predicted molar refractivity (Wildman–Crippen MR) is 130 cm³/mol. The van der Waals surface area contributed by atoms with E-state index in [1.807, 2.05) is 17.0 Å². The molecule has 1 N–H and O–H groups in total. The first-order valence-corrected chi connectivity index (χ1v) is 11.4. The monoisotopic (exact) mass is 479 g/mol. The van der Waals surface area contributed by atoms with Gasteiger partial charge in [0.1, 0.15) is 11.5 Å². The second-order valence-corrected chi connectivity index (χ2v) is 8.26. The molecule has 0 atom stereocenters. The fourth-order valence-electron chi connectivity index (χ4n) is 3.82. The van der Waals surface area contributed by atoms with Crippen LogP contribution >= 0.6 is 0 Å². The highest BCUT2D eigenvalue weighted by molar-refractivity contribution is 5.94. The van der Waals surface area contributed by atoms with Crippen molar-refractivity contribution in [3.8, 4) is 23.0 Å². The number of carbonyl (C=O) groups excluding carboxylic acids is 2. The number of methoxy groups -OCH3 is 2. The summed E-state index contributed by atoms with van der Waals surface area (Å²) in [5.41, 5.74) is 1.89. The van der Waals surface area contributed by atoms with Gasteiger partial charge in [-0.1, -0.05) is 5.16 Å². The summed E-state index contributed by atoms with van der Waals surface area (Å²) in [5.74, 6) is 2.04. The summed E-state index contributed by atoms with van der Waals surface area (Å²) in [6.07, 6.45) is 2.52. The Morgan fingerprint density at radius 2 is 1.83 bits per heavy atom. The number of hydrogen-bond acceptors (Lipinski definition) is 7. The molecule has 0 bridgehead atoms. The smallest absolute Gasteiger partial charge is 0.321 e. The molecule has 10 nitrogen and oxygen atoms in total. The van der Waals surface area contributed by atoms with Crippen LogP contribution in [0.3, 0.4) is 0 Å². The van der Waals surface area contributed by atoms with Crippen LogP contribution in [0.5, 0.6) is 11.5 Å². The standard InChI is InChI=1S/C25H29N5O5/c1-29(25(32)26-20-16-19(33-2)10-11-21(20)34-3)15-12-22-27-23(35-28-22)17-6-8-18(9-7-17)24(31)30-13-4-5-14-30/h6-11,16H,4-5,12-15H2,1-3H3,(H,26,32). The average Bonchev–Trinajstić information content (AvgIpc) is 3.59. The van der Waals surface area contributed by atoms with Crippen molar-refractivity contribution in [2.24, 2.45) is 0 Å². The SMILES string of the molecule is COc1ccc(OC)c(NC(=O)N(C)CCc2noc(-c3ccc(C(=O)N4CCCC4)cc3)n2)c1. The molecule has 3 aromatic rings. The van der Waals surface area contributed by atoms with Gasteiger partial charge in [0.25, 0.3) is 11.8 Å². The van der Waals surface area contributed by atoms with Gasteiger partial charge in [0.15, 0.2) is 5.82 Å². The summed E-state index contributed by atoms with van der Waals surface area (Å²) < 4.78 is 15.9. The van der Waals surface area contributed by atoms with Gasteiger partial charge in [-0.05, 0) is 49.2 Å². The lowest BCUT2D eigenvalue weighted by Gasteiger charge is -2.18. The highest BCUT2D eigenvalue weighted by Crippen LogP contribution is 2.29. The average molecular weight is 480 g/mol. The van der Waals surface area contributed by atoms with Gasteiger partial charge in [0.2, 0.25) is 0 Å². The molecule has 1 fully saturated rings. The van der Waals surface area contributed by atoms with Gasteiger partial charge in [0.05, 0.1) is 19.9 Å². The molecule has 1 saturated heterocycles. The number of urea groups is 1. The zero-order valence-electron chi connectivity index (χ0n) is 20.1. The van der Waals surface area contributed by atoms with E-state index in [0.29, 0.717) is 47.4 Å². The van der Waals surface area contributed by atoms with Gasteiger partial charge in [-0.25, -0.2) is 4.79 Å². The maximum absolute atomic E-state index is 12.6. The highest BCUT2D eigenvalue weighted by atomic mass is 16.5. The molecule has 0 aliphatic carbocycles. The summed E-state index contributed by atoms with van der Waals surface area (Å²) >= 11 is 0. The molecule has 2 heterocycles. The van der Waals surface area contributed by atoms with Crippen molar-refractivity contribution >= 4 is 17.6 Å². The minimum Gasteiger partial charge on any atom is -0.497 e. The van der Waals surface area contributed by atoms with Gasteiger partial charge >= 0.3 is 6.03 Å². The molecule has 0 radical (unpaired) electrons. The largest absolute Gasteiger partial charge is 0.497 e. The molecule has 0 saturated carbocycles. The van der Waals surface area contributed by atoms with Crippen LogP contribution in [0.25, 0.3) is 11.5 Å². The van der Waals surface area contributed by atoms with E-state index in [9.17, 15) is 9.59 Å². The summed E-state index contributed by atoms with van der Waals surface area (Å²) in [4.78, 5) is 33.0. The number of amides is 3. The van der Waals surface area contributed by atoms with Crippen LogP contribution in [-0.2, 0) is 6.42 Å². The number of carbonyl (C=O) groups is 2. The Morgan fingerprint density at radius 1 is 1.09 bits per heavy atom. The molecule has 10 heteroatoms. The Hall–Kier alpha value is -4.08. The van der Waals surface area contributed by atoms with Crippen molar-refractivity contribution in [3.63, 3.8) is 0 Å². The van der Waals surface area contributed by atoms with Gasteiger partial charge in [-0.15, -0.1) is 0 Å². The zero-order chi connectivity index (χ0) is 24.8. The van der Waals surface area contributed by atoms with Crippen molar-refractivity contribution < 1.29 is 23.6 Å². The number of likely N-dealkylation sites (tertiary alicyclic amines) is 1. The number of nitrogens with zero attached hydrogens (tertiary/aromatic N) is 4. The number of ether oxygens (including phenoxy) is 2. The molecule has 1 aromatic heterocycles. The maximum Gasteiger partial charge on any atom is 0.321 e. The van der Waals surface area contributed by atoms with Gasteiger partial charge in [0, 0.05) is 50.3 Å². The first-order valence-electron chi connectivity index (χ1n) is 11.4. The molecule has 2 aromatic carbocycles. The van der Waals surface area contributed by atoms with E-state index >= 15 is 0 Å². The third kappa shape index (κ3) is 5.71. The lowest BCUT2D eigenvalue weighted by molar-refractivity contribution is 0.0793. The summed E-state index contributed by atoms with van der Waals surface area (Å²) in [5, 5.41) is 6.85. The Morgan fingerprint density at radius 3 is 2.51 bits per heavy atom. The zero-order valence-corrected chi connectivity index (χ0v) is 20.1. The van der Waals surface area contributed by atoms with E-state index in [-0.39, 0.29) is 11.9 Å². The molecule has 4 rings (SSSR count). The van der Waals surface area contributed by atoms with Crippen molar-refractivity contribution in [3.05, 3.63) is 53.9 Å². The molecular weight excluding hydrogens is 450 g/mol. The Kier molecular flexibility index (Phi) is 7.49. The third-order valence-electron chi connectivity index (χ3n) is 5.91. The van der Waals surface area contributed by atoms with E-state index in [1.165, 1.54) is 12.0 Å². The molecule has 0 spiro atoms. The minimum atomic E-state index is -0.307. The molecule has 1 aliphatic heterocycles. The van der Waals surface area contributed by atoms with E-state index in [1.54, 1.807) is 44.5 Å². The number of anilines is 1. The van der Waals surface area contributed by atoms with Crippen LogP contribution < -0.4 is 14.8 Å². The van der Waals surface area contributed by atoms with Crippen molar-refractivity contribution in [1.29, 1.82) is 0 Å². The van der Waals surface area contributed by atoms with E-state index in [2.05, 4.69) is 15.5 Å². The summed E-state index contributed by atoms with van der Waals surface area (Å²) in [6.45, 7) is 2.00. The minimum absolute atomic E-state index is 0.0492. The lowest BCUT2D eigenvalue weighted by Crippen LogP contribution is -2.33. The maximum atomic E-state index is 12.6. The molecular formula is C25H29N5O5. The lowest BCUT2D eigenvalue weighted by atomic mass is 10.1. The molecule has 1 aliphatic rings. The number of rotatable bonds is 8. The van der Waals surface area contributed by atoms with Crippen LogP contribution in [0.1, 0.15) is 29.0 Å². The normalized spacial score (nSPS) is 12.9. The van der Waals surface area contributed by atoms with Crippen molar-refractivity contribution in [2.75, 3.05) is 46.2 Å². The van der Waals surface area contributed by atoms with E-state index < -0.39 is 0 Å². The van der Waals surface area contributed by atoms with E-state index in [4.69, 9.17) is 14.0 Å². The highest BCUT2D eigenvalue weighted by Gasteiger charge is 2.20. The van der Waals surface area contributed by atoms with Crippen LogP contribution in [0.4, 0.5) is 10.5 Å². The fourth-order valence-corrected chi connectivity index (χ4v) is 3.82. The Balaban J connectivity index is 1.33. The van der Waals surface area contributed by atoms with Crippen molar-refractivity contribution in [2.45, 2.75) is 19.3 Å². The van der Waals surface area contributed by atoms with Gasteiger partial charge in [-0.3, -0.25) is 4.79 Å². The van der Waals surface area contributed by atoms with E-state index in [0.717, 1.165) is 31.5 Å². The van der Waals surface area contributed by atoms with Gasteiger partial charge in [-0.2, -0.15) is 4.98 Å². The molecule has 0 unspecified atom stereocenters. The van der Waals surface area contributed by atoms with Crippen LogP contribution in [0.2, 0.25) is 0 Å². The fraction of sp³-hybridized carbons (Fsp3) is 0.360. The Bertz CT molecular complexity index is 1170. The summed E-state index contributed by atoms with van der Waals surface area (Å²) in [6, 6.07) is 12.0. The van der Waals surface area contributed by atoms with Gasteiger partial charge < -0.3 is 29.1 Å². The number of nitrogens with one attached hydrogen (secondary N) is 1. The number of hydrogen-bond donors (Lipinski definition) is 1. The molecule has 3 amide bonds. The van der Waals surface area contributed by atoms with Crippen LogP contribution in [0.15, 0.2) is 47.0 Å². The number of benzene rings is 2. The van der Waals surface area contributed by atoms with Crippen LogP contribution in [-0.4, -0.2) is 72.8 Å².